The van der Waals surface area contributed by atoms with E-state index >= 15 is 0 Å². The van der Waals surface area contributed by atoms with E-state index in [0.717, 1.165) is 11.1 Å². The summed E-state index contributed by atoms with van der Waals surface area (Å²) in [6, 6.07) is 12.7. The molecule has 2 rings (SSSR count). The molecule has 4 heteroatoms. The first-order valence-corrected chi connectivity index (χ1v) is 6.53. The highest BCUT2D eigenvalue weighted by Gasteiger charge is 2.11. The molecule has 4 nitrogen and oxygen atoms in total. The Morgan fingerprint density at radius 3 is 2.40 bits per heavy atom. The molecule has 20 heavy (non-hydrogen) atoms. The lowest BCUT2D eigenvalue weighted by molar-refractivity contribution is -0.384. The summed E-state index contributed by atoms with van der Waals surface area (Å²) in [5.41, 5.74) is 10.9. The Balaban J connectivity index is 2.16. The minimum atomic E-state index is -0.394. The lowest BCUT2D eigenvalue weighted by Crippen LogP contribution is -2.14. The van der Waals surface area contributed by atoms with E-state index in [1.54, 1.807) is 12.1 Å². The van der Waals surface area contributed by atoms with Gasteiger partial charge >= 0.3 is 0 Å². The molecule has 0 saturated heterocycles. The highest BCUT2D eigenvalue weighted by Crippen LogP contribution is 2.22. The molecule has 0 fully saturated rings. The molecule has 104 valence electrons. The summed E-state index contributed by atoms with van der Waals surface area (Å²) in [4.78, 5) is 10.2. The summed E-state index contributed by atoms with van der Waals surface area (Å²) >= 11 is 0. The van der Waals surface area contributed by atoms with Crippen LogP contribution < -0.4 is 5.73 Å². The second-order valence-electron chi connectivity index (χ2n) is 5.09. The smallest absolute Gasteiger partial charge is 0.269 e. The largest absolute Gasteiger partial charge is 0.324 e. The van der Waals surface area contributed by atoms with Crippen LogP contribution in [0.5, 0.6) is 0 Å². The second kappa shape index (κ2) is 5.84. The van der Waals surface area contributed by atoms with Gasteiger partial charge in [0.2, 0.25) is 0 Å². The number of hydrogen-bond donors (Lipinski definition) is 1. The van der Waals surface area contributed by atoms with E-state index in [1.165, 1.54) is 23.3 Å². The molecule has 2 aromatic carbocycles. The molecule has 2 aromatic rings. The highest BCUT2D eigenvalue weighted by atomic mass is 16.6. The van der Waals surface area contributed by atoms with E-state index in [-0.39, 0.29) is 11.7 Å². The van der Waals surface area contributed by atoms with Crippen molar-refractivity contribution in [2.75, 3.05) is 0 Å². The number of nitrogens with two attached hydrogens (primary N) is 1. The Morgan fingerprint density at radius 1 is 1.15 bits per heavy atom. The van der Waals surface area contributed by atoms with E-state index in [0.29, 0.717) is 6.42 Å². The molecule has 0 aliphatic rings. The standard InChI is InChI=1S/C16H18N2O2/c1-11-3-4-12(2)15(9-11)16(17)10-13-5-7-14(8-6-13)18(19)20/h3-9,16H,10,17H2,1-2H3. The van der Waals surface area contributed by atoms with Gasteiger partial charge < -0.3 is 5.73 Å². The van der Waals surface area contributed by atoms with Gasteiger partial charge in [-0.3, -0.25) is 10.1 Å². The van der Waals surface area contributed by atoms with Gasteiger partial charge in [-0.25, -0.2) is 0 Å². The number of nitro benzene ring substituents is 1. The van der Waals surface area contributed by atoms with Gasteiger partial charge in [-0.2, -0.15) is 0 Å². The van der Waals surface area contributed by atoms with Crippen molar-refractivity contribution in [3.63, 3.8) is 0 Å². The number of nitrogens with zero attached hydrogens (tertiary/aromatic N) is 1. The monoisotopic (exact) mass is 270 g/mol. The van der Waals surface area contributed by atoms with Crippen LogP contribution in [0.25, 0.3) is 0 Å². The molecule has 0 spiro atoms. The predicted octanol–water partition coefficient (Wildman–Crippen LogP) is 3.45. The fraction of sp³-hybridized carbons (Fsp3) is 0.250. The first-order valence-electron chi connectivity index (χ1n) is 6.53. The maximum Gasteiger partial charge on any atom is 0.269 e. The quantitative estimate of drug-likeness (QED) is 0.683. The summed E-state index contributed by atoms with van der Waals surface area (Å²) in [6.07, 6.45) is 0.669. The van der Waals surface area contributed by atoms with Crippen LogP contribution in [0.3, 0.4) is 0 Å². The molecule has 0 heterocycles. The van der Waals surface area contributed by atoms with Crippen molar-refractivity contribution in [1.82, 2.24) is 0 Å². The molecule has 2 N–H and O–H groups in total. The molecule has 0 saturated carbocycles. The fourth-order valence-corrected chi connectivity index (χ4v) is 2.28. The number of aryl methyl sites for hydroxylation is 2. The van der Waals surface area contributed by atoms with Crippen LogP contribution in [0, 0.1) is 24.0 Å². The minimum Gasteiger partial charge on any atom is -0.324 e. The topological polar surface area (TPSA) is 69.2 Å². The van der Waals surface area contributed by atoms with Gasteiger partial charge in [-0.05, 0) is 37.0 Å². The number of benzene rings is 2. The normalized spacial score (nSPS) is 12.2. The van der Waals surface area contributed by atoms with E-state index in [9.17, 15) is 10.1 Å². The number of nitro groups is 1. The zero-order chi connectivity index (χ0) is 14.7. The molecule has 0 aliphatic heterocycles. The molecule has 0 aliphatic carbocycles. The lowest BCUT2D eigenvalue weighted by Gasteiger charge is -2.15. The Kier molecular flexibility index (Phi) is 4.15. The lowest BCUT2D eigenvalue weighted by atomic mass is 9.94. The van der Waals surface area contributed by atoms with Crippen LogP contribution in [-0.4, -0.2) is 4.92 Å². The van der Waals surface area contributed by atoms with Crippen LogP contribution in [0.2, 0.25) is 0 Å². The summed E-state index contributed by atoms with van der Waals surface area (Å²) < 4.78 is 0. The van der Waals surface area contributed by atoms with Gasteiger partial charge in [-0.1, -0.05) is 35.9 Å². The van der Waals surface area contributed by atoms with Crippen molar-refractivity contribution < 1.29 is 4.92 Å². The Labute approximate surface area is 118 Å². The molecule has 1 unspecified atom stereocenters. The number of rotatable bonds is 4. The van der Waals surface area contributed by atoms with Crippen molar-refractivity contribution in [3.05, 3.63) is 74.8 Å². The summed E-state index contributed by atoms with van der Waals surface area (Å²) in [5.74, 6) is 0. The zero-order valence-corrected chi connectivity index (χ0v) is 11.7. The van der Waals surface area contributed by atoms with Gasteiger partial charge in [0.05, 0.1) is 4.92 Å². The van der Waals surface area contributed by atoms with Gasteiger partial charge in [0.15, 0.2) is 0 Å². The van der Waals surface area contributed by atoms with E-state index in [2.05, 4.69) is 18.2 Å². The predicted molar refractivity (Wildman–Crippen MR) is 79.6 cm³/mol. The minimum absolute atomic E-state index is 0.101. The van der Waals surface area contributed by atoms with Gasteiger partial charge in [0, 0.05) is 18.2 Å². The van der Waals surface area contributed by atoms with Crippen LogP contribution in [0.4, 0.5) is 5.69 Å². The maximum atomic E-state index is 10.6. The highest BCUT2D eigenvalue weighted by molar-refractivity contribution is 5.36. The summed E-state index contributed by atoms with van der Waals surface area (Å²) in [7, 11) is 0. The van der Waals surface area contributed by atoms with E-state index in [4.69, 9.17) is 5.73 Å². The Morgan fingerprint density at radius 2 is 1.80 bits per heavy atom. The fourth-order valence-electron chi connectivity index (χ4n) is 2.28. The SMILES string of the molecule is Cc1ccc(C)c(C(N)Cc2ccc([N+](=O)[O-])cc2)c1. The molecule has 0 radical (unpaired) electrons. The molecule has 0 bridgehead atoms. The molecule has 0 aromatic heterocycles. The Bertz CT molecular complexity index is 621. The first-order chi connectivity index (χ1) is 9.47. The molecule has 1 atom stereocenters. The van der Waals surface area contributed by atoms with Crippen molar-refractivity contribution >= 4 is 5.69 Å². The number of non-ortho nitro benzene ring substituents is 1. The average Bonchev–Trinajstić information content (AvgIpc) is 2.42. The van der Waals surface area contributed by atoms with E-state index < -0.39 is 4.92 Å². The van der Waals surface area contributed by atoms with Crippen LogP contribution in [-0.2, 0) is 6.42 Å². The van der Waals surface area contributed by atoms with Crippen molar-refractivity contribution in [3.8, 4) is 0 Å². The van der Waals surface area contributed by atoms with Crippen molar-refractivity contribution in [2.24, 2.45) is 5.73 Å². The third-order valence-electron chi connectivity index (χ3n) is 3.44. The van der Waals surface area contributed by atoms with Crippen molar-refractivity contribution in [2.45, 2.75) is 26.3 Å². The van der Waals surface area contributed by atoms with Gasteiger partial charge in [0.25, 0.3) is 5.69 Å². The zero-order valence-electron chi connectivity index (χ0n) is 11.7. The molecule has 0 amide bonds. The summed E-state index contributed by atoms with van der Waals surface area (Å²) in [6.45, 7) is 4.09. The maximum absolute atomic E-state index is 10.6. The van der Waals surface area contributed by atoms with Crippen LogP contribution >= 0.6 is 0 Å². The number of hydrogen-bond acceptors (Lipinski definition) is 3. The van der Waals surface area contributed by atoms with E-state index in [1.807, 2.05) is 13.8 Å². The van der Waals surface area contributed by atoms with Crippen LogP contribution in [0.1, 0.15) is 28.3 Å². The third kappa shape index (κ3) is 3.22. The summed E-state index contributed by atoms with van der Waals surface area (Å²) in [5, 5.41) is 10.6. The third-order valence-corrected chi connectivity index (χ3v) is 3.44. The van der Waals surface area contributed by atoms with Gasteiger partial charge in [0.1, 0.15) is 0 Å². The van der Waals surface area contributed by atoms with Crippen LogP contribution in [0.15, 0.2) is 42.5 Å². The molecular formula is C16H18N2O2. The van der Waals surface area contributed by atoms with Crippen molar-refractivity contribution in [1.29, 1.82) is 0 Å². The first kappa shape index (κ1) is 14.2. The Hall–Kier alpha value is -2.20. The van der Waals surface area contributed by atoms with Gasteiger partial charge in [-0.15, -0.1) is 0 Å². The average molecular weight is 270 g/mol. The second-order valence-corrected chi connectivity index (χ2v) is 5.09. The molecular weight excluding hydrogens is 252 g/mol.